The molecule has 0 unspecified atom stereocenters. The zero-order chi connectivity index (χ0) is 19.1. The molecule has 2 aromatic rings. The molecule has 8 nitrogen and oxygen atoms in total. The Morgan fingerprint density at radius 3 is 2.46 bits per heavy atom. The first kappa shape index (κ1) is 19.2. The third-order valence-electron chi connectivity index (χ3n) is 3.25. The number of carbonyl (C=O) groups is 2. The van der Waals surface area contributed by atoms with Crippen LogP contribution in [0.25, 0.3) is 0 Å². The first-order chi connectivity index (χ1) is 12.4. The van der Waals surface area contributed by atoms with Crippen LogP contribution in [0, 0.1) is 10.1 Å². The zero-order valence-electron chi connectivity index (χ0n) is 13.8. The fourth-order valence-electron chi connectivity index (χ4n) is 2.04. The summed E-state index contributed by atoms with van der Waals surface area (Å²) in [6, 6.07) is 10.0. The molecule has 2 rings (SSSR count). The van der Waals surface area contributed by atoms with Crippen molar-refractivity contribution in [3.05, 3.63) is 63.2 Å². The van der Waals surface area contributed by atoms with Gasteiger partial charge in [-0.25, -0.2) is 0 Å². The van der Waals surface area contributed by atoms with E-state index in [2.05, 4.69) is 10.6 Å². The average Bonchev–Trinajstić information content (AvgIpc) is 2.62. The number of nitro groups is 1. The monoisotopic (exact) mass is 377 g/mol. The predicted octanol–water partition coefficient (Wildman–Crippen LogP) is 2.91. The van der Waals surface area contributed by atoms with Crippen molar-refractivity contribution in [2.75, 3.05) is 13.1 Å². The Balaban J connectivity index is 2.05. The van der Waals surface area contributed by atoms with E-state index in [1.807, 2.05) is 0 Å². The number of carbonyl (C=O) groups excluding carboxylic acids is 2. The van der Waals surface area contributed by atoms with Gasteiger partial charge in [-0.3, -0.25) is 19.7 Å². The van der Waals surface area contributed by atoms with Gasteiger partial charge < -0.3 is 15.4 Å². The number of nitro benzene ring substituents is 1. The Kier molecular flexibility index (Phi) is 6.51. The van der Waals surface area contributed by atoms with E-state index in [0.29, 0.717) is 17.9 Å². The van der Waals surface area contributed by atoms with Crippen molar-refractivity contribution in [1.82, 2.24) is 10.6 Å². The first-order valence-electron chi connectivity index (χ1n) is 7.67. The molecule has 0 atom stereocenters. The molecule has 0 aliphatic carbocycles. The lowest BCUT2D eigenvalue weighted by atomic mass is 10.2. The van der Waals surface area contributed by atoms with Crippen LogP contribution in [0.5, 0.6) is 11.5 Å². The minimum Gasteiger partial charge on any atom is -0.450 e. The summed E-state index contributed by atoms with van der Waals surface area (Å²) in [5, 5.41) is 16.3. The Morgan fingerprint density at radius 2 is 1.85 bits per heavy atom. The third kappa shape index (κ3) is 5.18. The average molecular weight is 378 g/mol. The lowest BCUT2D eigenvalue weighted by molar-refractivity contribution is -0.385. The van der Waals surface area contributed by atoms with Crippen LogP contribution in [-0.4, -0.2) is 29.8 Å². The number of hydrogen-bond acceptors (Lipinski definition) is 5. The van der Waals surface area contributed by atoms with Gasteiger partial charge in [0.2, 0.25) is 11.7 Å². The van der Waals surface area contributed by atoms with Gasteiger partial charge in [0.1, 0.15) is 5.75 Å². The van der Waals surface area contributed by atoms with Crippen LogP contribution in [0.3, 0.4) is 0 Å². The Hall–Kier alpha value is -3.13. The van der Waals surface area contributed by atoms with E-state index in [0.717, 1.165) is 0 Å². The van der Waals surface area contributed by atoms with Crippen LogP contribution in [0.4, 0.5) is 5.69 Å². The summed E-state index contributed by atoms with van der Waals surface area (Å²) in [4.78, 5) is 33.8. The highest BCUT2D eigenvalue weighted by molar-refractivity contribution is 6.30. The van der Waals surface area contributed by atoms with E-state index in [-0.39, 0.29) is 28.9 Å². The number of benzene rings is 2. The standard InChI is InChI=1S/C17H16ClN3O5/c1-2-19-16(22)10-20-17(23)11-3-6-13(7-4-11)26-15-8-5-12(18)9-14(15)21(24)25/h3-9H,2,10H2,1H3,(H,19,22)(H,20,23). The van der Waals surface area contributed by atoms with Crippen molar-refractivity contribution >= 4 is 29.1 Å². The fraction of sp³-hybridized carbons (Fsp3) is 0.176. The Bertz CT molecular complexity index is 824. The molecule has 26 heavy (non-hydrogen) atoms. The molecule has 0 aliphatic heterocycles. The maximum atomic E-state index is 12.0. The van der Waals surface area contributed by atoms with E-state index >= 15 is 0 Å². The van der Waals surface area contributed by atoms with E-state index in [1.165, 1.54) is 42.5 Å². The van der Waals surface area contributed by atoms with Crippen LogP contribution in [-0.2, 0) is 4.79 Å². The lowest BCUT2D eigenvalue weighted by Crippen LogP contribution is -2.36. The van der Waals surface area contributed by atoms with Crippen LogP contribution < -0.4 is 15.4 Å². The Labute approximate surface area is 154 Å². The van der Waals surface area contributed by atoms with Crippen molar-refractivity contribution < 1.29 is 19.2 Å². The van der Waals surface area contributed by atoms with E-state index < -0.39 is 10.8 Å². The normalized spacial score (nSPS) is 10.1. The topological polar surface area (TPSA) is 111 Å². The molecule has 136 valence electrons. The van der Waals surface area contributed by atoms with E-state index in [4.69, 9.17) is 16.3 Å². The molecule has 0 radical (unpaired) electrons. The summed E-state index contributed by atoms with van der Waals surface area (Å²) < 4.78 is 5.49. The molecule has 0 saturated heterocycles. The summed E-state index contributed by atoms with van der Waals surface area (Å²) in [6.07, 6.45) is 0. The van der Waals surface area contributed by atoms with Gasteiger partial charge in [-0.1, -0.05) is 11.6 Å². The second-order valence-electron chi connectivity index (χ2n) is 5.13. The summed E-state index contributed by atoms with van der Waals surface area (Å²) >= 11 is 5.76. The molecule has 9 heteroatoms. The molecule has 2 aromatic carbocycles. The lowest BCUT2D eigenvalue weighted by Gasteiger charge is -2.08. The summed E-state index contributed by atoms with van der Waals surface area (Å²) in [5.41, 5.74) is 0.0634. The highest BCUT2D eigenvalue weighted by Gasteiger charge is 2.16. The number of likely N-dealkylation sites (N-methyl/N-ethyl adjacent to an activating group) is 1. The van der Waals surface area contributed by atoms with Gasteiger partial charge in [0.05, 0.1) is 11.5 Å². The minimum absolute atomic E-state index is 0.0350. The number of halogens is 1. The predicted molar refractivity (Wildman–Crippen MR) is 95.6 cm³/mol. The molecular weight excluding hydrogens is 362 g/mol. The molecule has 0 spiro atoms. The number of hydrogen-bond donors (Lipinski definition) is 2. The van der Waals surface area contributed by atoms with Crippen LogP contribution in [0.15, 0.2) is 42.5 Å². The molecule has 0 aliphatic rings. The van der Waals surface area contributed by atoms with Crippen LogP contribution in [0.1, 0.15) is 17.3 Å². The van der Waals surface area contributed by atoms with Crippen molar-refractivity contribution in [3.8, 4) is 11.5 Å². The number of nitrogens with zero attached hydrogens (tertiary/aromatic N) is 1. The van der Waals surface area contributed by atoms with Crippen molar-refractivity contribution in [2.24, 2.45) is 0 Å². The van der Waals surface area contributed by atoms with Gasteiger partial charge in [-0.2, -0.15) is 0 Å². The largest absolute Gasteiger partial charge is 0.450 e. The number of rotatable bonds is 7. The highest BCUT2D eigenvalue weighted by atomic mass is 35.5. The maximum absolute atomic E-state index is 12.0. The molecule has 0 heterocycles. The smallest absolute Gasteiger partial charge is 0.313 e. The van der Waals surface area contributed by atoms with Crippen LogP contribution in [0.2, 0.25) is 5.02 Å². The van der Waals surface area contributed by atoms with Gasteiger partial charge >= 0.3 is 5.69 Å². The minimum atomic E-state index is -0.593. The summed E-state index contributed by atoms with van der Waals surface area (Å²) in [6.45, 7) is 2.14. The van der Waals surface area contributed by atoms with E-state index in [1.54, 1.807) is 6.92 Å². The summed E-state index contributed by atoms with van der Waals surface area (Å²) in [7, 11) is 0. The van der Waals surface area contributed by atoms with Gasteiger partial charge in [-0.15, -0.1) is 0 Å². The molecule has 2 N–H and O–H groups in total. The van der Waals surface area contributed by atoms with Crippen molar-refractivity contribution in [3.63, 3.8) is 0 Å². The third-order valence-corrected chi connectivity index (χ3v) is 3.48. The van der Waals surface area contributed by atoms with Gasteiger partial charge in [-0.05, 0) is 43.3 Å². The molecule has 0 aromatic heterocycles. The van der Waals surface area contributed by atoms with Crippen molar-refractivity contribution in [2.45, 2.75) is 6.92 Å². The number of nitrogens with one attached hydrogen (secondary N) is 2. The highest BCUT2D eigenvalue weighted by Crippen LogP contribution is 2.33. The van der Waals surface area contributed by atoms with Gasteiger partial charge in [0.25, 0.3) is 5.91 Å². The molecule has 2 amide bonds. The van der Waals surface area contributed by atoms with Crippen LogP contribution >= 0.6 is 11.6 Å². The second kappa shape index (κ2) is 8.82. The van der Waals surface area contributed by atoms with E-state index in [9.17, 15) is 19.7 Å². The van der Waals surface area contributed by atoms with Gasteiger partial charge in [0.15, 0.2) is 0 Å². The second-order valence-corrected chi connectivity index (χ2v) is 5.57. The quantitative estimate of drug-likeness (QED) is 0.569. The Morgan fingerprint density at radius 1 is 1.15 bits per heavy atom. The SMILES string of the molecule is CCNC(=O)CNC(=O)c1ccc(Oc2ccc(Cl)cc2[N+](=O)[O-])cc1. The number of ether oxygens (including phenoxy) is 1. The molecule has 0 saturated carbocycles. The number of amides is 2. The molecule has 0 fully saturated rings. The fourth-order valence-corrected chi connectivity index (χ4v) is 2.21. The first-order valence-corrected chi connectivity index (χ1v) is 8.05. The summed E-state index contributed by atoms with van der Waals surface area (Å²) in [5.74, 6) is -0.348. The van der Waals surface area contributed by atoms with Gasteiger partial charge in [0, 0.05) is 23.2 Å². The molecule has 0 bridgehead atoms. The zero-order valence-corrected chi connectivity index (χ0v) is 14.6. The molecular formula is C17H16ClN3O5. The van der Waals surface area contributed by atoms with Crippen molar-refractivity contribution in [1.29, 1.82) is 0 Å². The maximum Gasteiger partial charge on any atom is 0.313 e.